The number of anilines is 1. The SMILES string of the molecule is [C-]#[N+]C1=C(CC)Nc2[nH]ncc2C1C1=CC=CCC1Cl. The lowest BCUT2D eigenvalue weighted by Crippen LogP contribution is -2.21. The minimum atomic E-state index is -0.0927. The Morgan fingerprint density at radius 2 is 2.40 bits per heavy atom. The van der Waals surface area contributed by atoms with Gasteiger partial charge < -0.3 is 5.32 Å². The Balaban J connectivity index is 2.16. The molecule has 1 aromatic rings. The van der Waals surface area contributed by atoms with Gasteiger partial charge in [-0.05, 0) is 18.4 Å². The molecule has 0 amide bonds. The fourth-order valence-electron chi connectivity index (χ4n) is 2.78. The molecular weight excluding hydrogens is 272 g/mol. The molecule has 0 saturated heterocycles. The molecule has 3 rings (SSSR count). The molecule has 2 N–H and O–H groups in total. The number of nitrogens with zero attached hydrogens (tertiary/aromatic N) is 2. The van der Waals surface area contributed by atoms with Gasteiger partial charge in [0.05, 0.1) is 18.1 Å². The van der Waals surface area contributed by atoms with Crippen molar-refractivity contribution < 1.29 is 0 Å². The number of allylic oxidation sites excluding steroid dienone is 5. The van der Waals surface area contributed by atoms with E-state index in [1.807, 2.05) is 19.1 Å². The van der Waals surface area contributed by atoms with E-state index >= 15 is 0 Å². The summed E-state index contributed by atoms with van der Waals surface area (Å²) in [6.07, 6.45) is 9.48. The van der Waals surface area contributed by atoms with Crippen LogP contribution in [0.1, 0.15) is 31.2 Å². The lowest BCUT2D eigenvalue weighted by atomic mass is 9.82. The third-order valence-corrected chi connectivity index (χ3v) is 4.21. The van der Waals surface area contributed by atoms with Gasteiger partial charge in [0.2, 0.25) is 0 Å². The second kappa shape index (κ2) is 5.18. The summed E-state index contributed by atoms with van der Waals surface area (Å²) in [4.78, 5) is 3.77. The van der Waals surface area contributed by atoms with Crippen LogP contribution in [0.4, 0.5) is 5.82 Å². The third-order valence-electron chi connectivity index (χ3n) is 3.77. The molecule has 0 radical (unpaired) electrons. The van der Waals surface area contributed by atoms with Gasteiger partial charge in [-0.3, -0.25) is 5.10 Å². The van der Waals surface area contributed by atoms with E-state index in [0.717, 1.165) is 41.2 Å². The second-order valence-electron chi connectivity index (χ2n) is 4.89. The second-order valence-corrected chi connectivity index (χ2v) is 5.41. The maximum Gasteiger partial charge on any atom is 0.195 e. The first-order chi connectivity index (χ1) is 9.76. The summed E-state index contributed by atoms with van der Waals surface area (Å²) in [6, 6.07) is 0. The average Bonchev–Trinajstić information content (AvgIpc) is 2.94. The molecule has 0 aromatic carbocycles. The van der Waals surface area contributed by atoms with Crippen molar-refractivity contribution >= 4 is 17.4 Å². The molecule has 2 unspecified atom stereocenters. The van der Waals surface area contributed by atoms with Crippen LogP contribution in [0.25, 0.3) is 4.85 Å². The average molecular weight is 287 g/mol. The fraction of sp³-hybridized carbons (Fsp3) is 0.333. The van der Waals surface area contributed by atoms with Crippen molar-refractivity contribution in [3.05, 3.63) is 58.4 Å². The van der Waals surface area contributed by atoms with Crippen molar-refractivity contribution in [2.75, 3.05) is 5.32 Å². The summed E-state index contributed by atoms with van der Waals surface area (Å²) in [5.41, 5.74) is 3.75. The third kappa shape index (κ3) is 1.95. The van der Waals surface area contributed by atoms with Crippen LogP contribution < -0.4 is 5.32 Å². The van der Waals surface area contributed by atoms with Crippen LogP contribution in [-0.4, -0.2) is 15.6 Å². The van der Waals surface area contributed by atoms with Crippen molar-refractivity contribution in [3.63, 3.8) is 0 Å². The molecule has 0 spiro atoms. The normalized spacial score (nSPS) is 24.8. The van der Waals surface area contributed by atoms with Crippen LogP contribution in [0.15, 0.2) is 41.4 Å². The first-order valence-electron chi connectivity index (χ1n) is 6.67. The molecule has 0 saturated carbocycles. The maximum absolute atomic E-state index is 7.55. The van der Waals surface area contributed by atoms with Gasteiger partial charge in [0.1, 0.15) is 5.82 Å². The van der Waals surface area contributed by atoms with Gasteiger partial charge >= 0.3 is 0 Å². The van der Waals surface area contributed by atoms with Crippen molar-refractivity contribution in [2.24, 2.45) is 0 Å². The van der Waals surface area contributed by atoms with Crippen molar-refractivity contribution in [3.8, 4) is 0 Å². The molecule has 2 aliphatic rings. The van der Waals surface area contributed by atoms with E-state index in [9.17, 15) is 0 Å². The Hall–Kier alpha value is -1.99. The number of H-pyrrole nitrogens is 1. The van der Waals surface area contributed by atoms with E-state index in [-0.39, 0.29) is 11.3 Å². The minimum absolute atomic E-state index is 0.0688. The van der Waals surface area contributed by atoms with Gasteiger partial charge in [-0.2, -0.15) is 5.10 Å². The van der Waals surface area contributed by atoms with Crippen LogP contribution >= 0.6 is 11.6 Å². The Morgan fingerprint density at radius 1 is 1.55 bits per heavy atom. The first kappa shape index (κ1) is 13.0. The van der Waals surface area contributed by atoms with Crippen LogP contribution in [0.5, 0.6) is 0 Å². The molecule has 1 aliphatic carbocycles. The van der Waals surface area contributed by atoms with E-state index in [0.29, 0.717) is 0 Å². The lowest BCUT2D eigenvalue weighted by molar-refractivity contribution is 0.811. The highest BCUT2D eigenvalue weighted by Crippen LogP contribution is 2.45. The predicted octanol–water partition coefficient (Wildman–Crippen LogP) is 3.95. The summed E-state index contributed by atoms with van der Waals surface area (Å²) in [7, 11) is 0. The zero-order chi connectivity index (χ0) is 14.1. The number of halogens is 1. The topological polar surface area (TPSA) is 45.1 Å². The molecule has 102 valence electrons. The lowest BCUT2D eigenvalue weighted by Gasteiger charge is -2.30. The van der Waals surface area contributed by atoms with Crippen LogP contribution in [0.2, 0.25) is 0 Å². The monoisotopic (exact) mass is 286 g/mol. The molecule has 1 aromatic heterocycles. The largest absolute Gasteiger partial charge is 0.354 e. The smallest absolute Gasteiger partial charge is 0.195 e. The summed E-state index contributed by atoms with van der Waals surface area (Å²) in [6.45, 7) is 9.59. The summed E-state index contributed by atoms with van der Waals surface area (Å²) in [5, 5.41) is 10.3. The molecule has 5 heteroatoms. The predicted molar refractivity (Wildman–Crippen MR) is 80.4 cm³/mol. The zero-order valence-corrected chi connectivity index (χ0v) is 11.9. The van der Waals surface area contributed by atoms with Crippen LogP contribution in [0.3, 0.4) is 0 Å². The van der Waals surface area contributed by atoms with E-state index in [4.69, 9.17) is 18.2 Å². The standard InChI is InChI=1S/C15H15ClN4/c1-3-12-14(17-2)13(9-6-4-5-7-11(9)16)10-8-18-20-15(10)19-12/h4-6,8,11,13H,3,7H2,1H3,(H2,18,19,20). The van der Waals surface area contributed by atoms with E-state index in [1.165, 1.54) is 0 Å². The van der Waals surface area contributed by atoms with Crippen molar-refractivity contribution in [1.82, 2.24) is 10.2 Å². The Labute approximate surface area is 123 Å². The maximum atomic E-state index is 7.55. The number of hydrogen-bond donors (Lipinski definition) is 2. The minimum Gasteiger partial charge on any atom is -0.354 e. The van der Waals surface area contributed by atoms with Crippen LogP contribution in [0, 0.1) is 6.57 Å². The molecule has 1 aliphatic heterocycles. The Bertz CT molecular complexity index is 660. The molecule has 2 atom stereocenters. The fourth-order valence-corrected chi connectivity index (χ4v) is 3.09. The number of fused-ring (bicyclic) bond motifs is 1. The Kier molecular flexibility index (Phi) is 3.37. The number of rotatable bonds is 2. The molecule has 4 nitrogen and oxygen atoms in total. The van der Waals surface area contributed by atoms with Crippen molar-refractivity contribution in [2.45, 2.75) is 31.1 Å². The number of hydrogen-bond acceptors (Lipinski definition) is 2. The van der Waals surface area contributed by atoms with Gasteiger partial charge in [0.25, 0.3) is 0 Å². The number of alkyl halides is 1. The number of nitrogens with one attached hydrogen (secondary N) is 2. The number of aromatic nitrogens is 2. The summed E-state index contributed by atoms with van der Waals surface area (Å²) < 4.78 is 0. The van der Waals surface area contributed by atoms with E-state index in [1.54, 1.807) is 6.20 Å². The van der Waals surface area contributed by atoms with Crippen LogP contribution in [-0.2, 0) is 0 Å². The quantitative estimate of drug-likeness (QED) is 0.638. The molecular formula is C15H15ClN4. The van der Waals surface area contributed by atoms with Crippen molar-refractivity contribution in [1.29, 1.82) is 0 Å². The molecule has 20 heavy (non-hydrogen) atoms. The zero-order valence-electron chi connectivity index (χ0n) is 11.2. The highest BCUT2D eigenvalue weighted by atomic mass is 35.5. The van der Waals surface area contributed by atoms with Gasteiger partial charge in [-0.1, -0.05) is 25.2 Å². The van der Waals surface area contributed by atoms with E-state index in [2.05, 4.69) is 26.4 Å². The molecule has 0 bridgehead atoms. The Morgan fingerprint density at radius 3 is 3.10 bits per heavy atom. The molecule has 0 fully saturated rings. The van der Waals surface area contributed by atoms with Gasteiger partial charge in [0.15, 0.2) is 5.70 Å². The number of aromatic amines is 1. The van der Waals surface area contributed by atoms with Gasteiger partial charge in [-0.25, -0.2) is 4.85 Å². The molecule has 2 heterocycles. The highest BCUT2D eigenvalue weighted by molar-refractivity contribution is 6.22. The summed E-state index contributed by atoms with van der Waals surface area (Å²) >= 11 is 6.47. The van der Waals surface area contributed by atoms with E-state index < -0.39 is 0 Å². The summed E-state index contributed by atoms with van der Waals surface area (Å²) in [5.74, 6) is 0.781. The van der Waals surface area contributed by atoms with Gasteiger partial charge in [0, 0.05) is 17.2 Å². The van der Waals surface area contributed by atoms with Gasteiger partial charge in [-0.15, -0.1) is 11.6 Å². The first-order valence-corrected chi connectivity index (χ1v) is 7.11. The highest BCUT2D eigenvalue weighted by Gasteiger charge is 2.34.